The first-order valence-corrected chi connectivity index (χ1v) is 9.71. The number of piperidine rings is 1. The third-order valence-corrected chi connectivity index (χ3v) is 5.48. The number of thioether (sulfide) groups is 1. The number of rotatable bonds is 6. The average Bonchev–Trinajstić information content (AvgIpc) is 2.64. The van der Waals surface area contributed by atoms with Crippen molar-refractivity contribution in [2.45, 2.75) is 36.9 Å². The van der Waals surface area contributed by atoms with Gasteiger partial charge in [0, 0.05) is 30.7 Å². The van der Waals surface area contributed by atoms with Gasteiger partial charge in [-0.25, -0.2) is 0 Å². The van der Waals surface area contributed by atoms with E-state index in [1.54, 1.807) is 0 Å². The SMILES string of the molecule is CC(=O)NC(CSc1cccc(C(F)(F)F)c1)C(=O)N1CCCC(C(N)=O)C1. The van der Waals surface area contributed by atoms with Crippen LogP contribution in [0.5, 0.6) is 0 Å². The number of nitrogens with one attached hydrogen (secondary N) is 1. The molecule has 2 atom stereocenters. The maximum absolute atomic E-state index is 12.8. The Morgan fingerprint density at radius 2 is 2.07 bits per heavy atom. The van der Waals surface area contributed by atoms with Gasteiger partial charge < -0.3 is 16.0 Å². The Kier molecular flexibility index (Phi) is 7.34. The highest BCUT2D eigenvalue weighted by atomic mass is 32.2. The molecule has 6 nitrogen and oxygen atoms in total. The average molecular weight is 417 g/mol. The van der Waals surface area contributed by atoms with Gasteiger partial charge in [0.05, 0.1) is 11.5 Å². The highest BCUT2D eigenvalue weighted by Crippen LogP contribution is 2.32. The first-order valence-electron chi connectivity index (χ1n) is 8.73. The van der Waals surface area contributed by atoms with Crippen molar-refractivity contribution < 1.29 is 27.6 Å². The zero-order valence-corrected chi connectivity index (χ0v) is 16.1. The minimum atomic E-state index is -4.46. The number of nitrogens with zero attached hydrogens (tertiary/aromatic N) is 1. The second kappa shape index (κ2) is 9.31. The predicted octanol–water partition coefficient (Wildman–Crippen LogP) is 2.03. The Bertz CT molecular complexity index is 742. The summed E-state index contributed by atoms with van der Waals surface area (Å²) in [7, 11) is 0. The van der Waals surface area contributed by atoms with Gasteiger partial charge in [-0.15, -0.1) is 11.8 Å². The maximum Gasteiger partial charge on any atom is 0.416 e. The van der Waals surface area contributed by atoms with E-state index in [0.29, 0.717) is 24.3 Å². The number of hydrogen-bond acceptors (Lipinski definition) is 4. The molecule has 1 aliphatic heterocycles. The number of nitrogens with two attached hydrogens (primary N) is 1. The number of carbonyl (C=O) groups is 3. The van der Waals surface area contributed by atoms with Gasteiger partial charge in [0.2, 0.25) is 17.7 Å². The van der Waals surface area contributed by atoms with Crippen molar-refractivity contribution in [3.63, 3.8) is 0 Å². The Morgan fingerprint density at radius 1 is 1.36 bits per heavy atom. The molecule has 1 aromatic carbocycles. The number of halogens is 3. The van der Waals surface area contributed by atoms with E-state index in [2.05, 4.69) is 5.32 Å². The number of primary amides is 1. The van der Waals surface area contributed by atoms with Crippen LogP contribution in [0, 0.1) is 5.92 Å². The van der Waals surface area contributed by atoms with Crippen LogP contribution < -0.4 is 11.1 Å². The fourth-order valence-corrected chi connectivity index (χ4v) is 3.96. The molecule has 154 valence electrons. The van der Waals surface area contributed by atoms with Crippen LogP contribution in [0.3, 0.4) is 0 Å². The Labute approximate surface area is 165 Å². The number of likely N-dealkylation sites (tertiary alicyclic amines) is 1. The van der Waals surface area contributed by atoms with Crippen LogP contribution in [0.1, 0.15) is 25.3 Å². The zero-order chi connectivity index (χ0) is 20.9. The predicted molar refractivity (Wildman–Crippen MR) is 98.3 cm³/mol. The maximum atomic E-state index is 12.8. The molecular formula is C18H22F3N3O3S. The summed E-state index contributed by atoms with van der Waals surface area (Å²) in [4.78, 5) is 37.5. The van der Waals surface area contributed by atoms with Crippen molar-refractivity contribution >= 4 is 29.5 Å². The summed E-state index contributed by atoms with van der Waals surface area (Å²) in [5.41, 5.74) is 4.55. The van der Waals surface area contributed by atoms with Crippen molar-refractivity contribution in [1.82, 2.24) is 10.2 Å². The molecule has 1 heterocycles. The summed E-state index contributed by atoms with van der Waals surface area (Å²) in [6.07, 6.45) is -3.24. The molecule has 3 N–H and O–H groups in total. The van der Waals surface area contributed by atoms with E-state index < -0.39 is 35.5 Å². The largest absolute Gasteiger partial charge is 0.416 e. The second-order valence-electron chi connectivity index (χ2n) is 6.62. The fraction of sp³-hybridized carbons (Fsp3) is 0.500. The van der Waals surface area contributed by atoms with Gasteiger partial charge in [0.1, 0.15) is 6.04 Å². The van der Waals surface area contributed by atoms with Crippen LogP contribution in [0.15, 0.2) is 29.2 Å². The lowest BCUT2D eigenvalue weighted by atomic mass is 9.97. The van der Waals surface area contributed by atoms with E-state index in [1.165, 1.54) is 24.0 Å². The van der Waals surface area contributed by atoms with Gasteiger partial charge in [-0.2, -0.15) is 13.2 Å². The molecule has 1 fully saturated rings. The van der Waals surface area contributed by atoms with E-state index in [4.69, 9.17) is 5.73 Å². The number of hydrogen-bond donors (Lipinski definition) is 2. The third kappa shape index (κ3) is 6.15. The molecule has 3 amide bonds. The van der Waals surface area contributed by atoms with Crippen LogP contribution in [0.25, 0.3) is 0 Å². The monoisotopic (exact) mass is 417 g/mol. The molecule has 0 aromatic heterocycles. The van der Waals surface area contributed by atoms with E-state index in [1.807, 2.05) is 0 Å². The Morgan fingerprint density at radius 3 is 2.68 bits per heavy atom. The zero-order valence-electron chi connectivity index (χ0n) is 15.3. The minimum Gasteiger partial charge on any atom is -0.369 e. The second-order valence-corrected chi connectivity index (χ2v) is 7.71. The first kappa shape index (κ1) is 22.1. The van der Waals surface area contributed by atoms with Crippen LogP contribution in [-0.4, -0.2) is 47.5 Å². The lowest BCUT2D eigenvalue weighted by Gasteiger charge is -2.33. The molecular weight excluding hydrogens is 395 g/mol. The van der Waals surface area contributed by atoms with Gasteiger partial charge in [0.25, 0.3) is 0 Å². The van der Waals surface area contributed by atoms with Crippen molar-refractivity contribution in [3.8, 4) is 0 Å². The van der Waals surface area contributed by atoms with E-state index >= 15 is 0 Å². The smallest absolute Gasteiger partial charge is 0.369 e. The third-order valence-electron chi connectivity index (χ3n) is 4.39. The molecule has 0 saturated carbocycles. The summed E-state index contributed by atoms with van der Waals surface area (Å²) < 4.78 is 38.5. The molecule has 28 heavy (non-hydrogen) atoms. The van der Waals surface area contributed by atoms with E-state index in [9.17, 15) is 27.6 Å². The van der Waals surface area contributed by atoms with Crippen molar-refractivity contribution in [2.24, 2.45) is 11.7 Å². The molecule has 0 aliphatic carbocycles. The van der Waals surface area contributed by atoms with E-state index in [0.717, 1.165) is 23.9 Å². The molecule has 0 spiro atoms. The molecule has 10 heteroatoms. The summed E-state index contributed by atoms with van der Waals surface area (Å²) in [6, 6.07) is 3.87. The molecule has 2 rings (SSSR count). The highest BCUT2D eigenvalue weighted by Gasteiger charge is 2.32. The topological polar surface area (TPSA) is 92.5 Å². The fourth-order valence-electron chi connectivity index (χ4n) is 2.99. The number of benzene rings is 1. The standard InChI is InChI=1S/C18H22F3N3O3S/c1-11(25)23-15(17(27)24-7-3-4-12(9-24)16(22)26)10-28-14-6-2-5-13(8-14)18(19,20)21/h2,5-6,8,12,15H,3-4,7,9-10H2,1H3,(H2,22,26)(H,23,25). The summed E-state index contributed by atoms with van der Waals surface area (Å²) in [5.74, 6) is -1.65. The van der Waals surface area contributed by atoms with Crippen LogP contribution >= 0.6 is 11.8 Å². The summed E-state index contributed by atoms with van der Waals surface area (Å²) in [6.45, 7) is 1.88. The number of amides is 3. The highest BCUT2D eigenvalue weighted by molar-refractivity contribution is 7.99. The molecule has 1 aromatic rings. The molecule has 1 aliphatic rings. The van der Waals surface area contributed by atoms with Crippen molar-refractivity contribution in [2.75, 3.05) is 18.8 Å². The van der Waals surface area contributed by atoms with Gasteiger partial charge in [-0.1, -0.05) is 6.07 Å². The first-order chi connectivity index (χ1) is 13.1. The number of alkyl halides is 3. The Balaban J connectivity index is 2.08. The van der Waals surface area contributed by atoms with Crippen molar-refractivity contribution in [1.29, 1.82) is 0 Å². The molecule has 2 unspecified atom stereocenters. The van der Waals surface area contributed by atoms with Crippen molar-refractivity contribution in [3.05, 3.63) is 29.8 Å². The van der Waals surface area contributed by atoms with Gasteiger partial charge in [-0.3, -0.25) is 14.4 Å². The van der Waals surface area contributed by atoms with Crippen LogP contribution in [0.4, 0.5) is 13.2 Å². The van der Waals surface area contributed by atoms with Gasteiger partial charge >= 0.3 is 6.18 Å². The lowest BCUT2D eigenvalue weighted by molar-refractivity contribution is -0.138. The lowest BCUT2D eigenvalue weighted by Crippen LogP contribution is -2.53. The number of carbonyl (C=O) groups excluding carboxylic acids is 3. The minimum absolute atomic E-state index is 0.0669. The quantitative estimate of drug-likeness (QED) is 0.693. The molecule has 0 radical (unpaired) electrons. The molecule has 1 saturated heterocycles. The summed E-state index contributed by atoms with van der Waals surface area (Å²) in [5, 5.41) is 2.55. The van der Waals surface area contributed by atoms with Gasteiger partial charge in [0.15, 0.2) is 0 Å². The van der Waals surface area contributed by atoms with Crippen LogP contribution in [0.2, 0.25) is 0 Å². The van der Waals surface area contributed by atoms with E-state index in [-0.39, 0.29) is 18.2 Å². The molecule has 0 bridgehead atoms. The summed E-state index contributed by atoms with van der Waals surface area (Å²) >= 11 is 1.05. The van der Waals surface area contributed by atoms with Gasteiger partial charge in [-0.05, 0) is 31.0 Å². The Hall–Kier alpha value is -2.23. The normalized spacial score (nSPS) is 18.4. The van der Waals surface area contributed by atoms with Crippen LogP contribution in [-0.2, 0) is 20.6 Å².